The molecule has 0 aliphatic carbocycles. The molecular weight excluding hydrogens is 228 g/mol. The molecule has 17 heavy (non-hydrogen) atoms. The molecule has 5 atom stereocenters. The van der Waals surface area contributed by atoms with Gasteiger partial charge in [-0.3, -0.25) is 4.79 Å². The first-order valence-corrected chi connectivity index (χ1v) is 5.72. The minimum Gasteiger partial charge on any atom is -0.433 e. The molecule has 0 aromatic carbocycles. The van der Waals surface area contributed by atoms with Crippen LogP contribution in [0.1, 0.15) is 27.2 Å². The first kappa shape index (κ1) is 14.4. The van der Waals surface area contributed by atoms with Crippen molar-refractivity contribution in [1.82, 2.24) is 0 Å². The van der Waals surface area contributed by atoms with E-state index in [9.17, 15) is 20.1 Å². The lowest BCUT2D eigenvalue weighted by Crippen LogP contribution is -2.57. The topological polar surface area (TPSA) is 96.2 Å². The molecule has 3 N–H and O–H groups in total. The zero-order valence-electron chi connectivity index (χ0n) is 10.2. The van der Waals surface area contributed by atoms with Crippen LogP contribution < -0.4 is 0 Å². The fourth-order valence-corrected chi connectivity index (χ4v) is 1.62. The van der Waals surface area contributed by atoms with Gasteiger partial charge >= 0.3 is 5.97 Å². The zero-order chi connectivity index (χ0) is 13.2. The van der Waals surface area contributed by atoms with E-state index in [-0.39, 0.29) is 12.3 Å². The fraction of sp³-hybridized carbons (Fsp3) is 0.909. The van der Waals surface area contributed by atoms with Crippen LogP contribution in [0.4, 0.5) is 0 Å². The highest BCUT2D eigenvalue weighted by molar-refractivity contribution is 5.69. The largest absolute Gasteiger partial charge is 0.433 e. The van der Waals surface area contributed by atoms with Crippen LogP contribution in [0.2, 0.25) is 0 Å². The number of carbonyl (C=O) groups excluding carboxylic acids is 1. The van der Waals surface area contributed by atoms with Crippen LogP contribution in [0, 0.1) is 5.92 Å². The van der Waals surface area contributed by atoms with Crippen molar-refractivity contribution in [3.8, 4) is 0 Å². The molecule has 100 valence electrons. The summed E-state index contributed by atoms with van der Waals surface area (Å²) in [5.74, 6) is -0.365. The van der Waals surface area contributed by atoms with Crippen molar-refractivity contribution in [3.63, 3.8) is 0 Å². The van der Waals surface area contributed by atoms with Crippen LogP contribution >= 0.6 is 0 Å². The van der Waals surface area contributed by atoms with E-state index in [2.05, 4.69) is 0 Å². The Kier molecular flexibility index (Phi) is 4.88. The predicted molar refractivity (Wildman–Crippen MR) is 57.9 cm³/mol. The van der Waals surface area contributed by atoms with Crippen molar-refractivity contribution >= 4 is 5.97 Å². The van der Waals surface area contributed by atoms with Gasteiger partial charge in [0.25, 0.3) is 0 Å². The highest BCUT2D eigenvalue weighted by Crippen LogP contribution is 2.22. The number of hydrogen-bond donors (Lipinski definition) is 3. The Balaban J connectivity index is 2.56. The number of ether oxygens (including phenoxy) is 2. The standard InChI is InChI=1S/C11H20O6/c1-5(2)4-7(12)17-11-10(15)9(14)8(13)6(3)16-11/h5-6,8-11,13-15H,4H2,1-3H3. The van der Waals surface area contributed by atoms with Crippen molar-refractivity contribution in [1.29, 1.82) is 0 Å². The summed E-state index contributed by atoms with van der Waals surface area (Å²) in [5, 5.41) is 28.5. The summed E-state index contributed by atoms with van der Waals surface area (Å²) in [4.78, 5) is 11.4. The molecule has 1 fully saturated rings. The molecule has 0 bridgehead atoms. The van der Waals surface area contributed by atoms with Gasteiger partial charge in [0, 0.05) is 6.42 Å². The summed E-state index contributed by atoms with van der Waals surface area (Å²) in [6.07, 6.45) is -5.72. The molecule has 6 heteroatoms. The van der Waals surface area contributed by atoms with Gasteiger partial charge < -0.3 is 24.8 Å². The maximum Gasteiger partial charge on any atom is 0.308 e. The zero-order valence-corrected chi connectivity index (χ0v) is 10.2. The van der Waals surface area contributed by atoms with Crippen LogP contribution in [0.3, 0.4) is 0 Å². The number of esters is 1. The first-order valence-electron chi connectivity index (χ1n) is 5.72. The van der Waals surface area contributed by atoms with Crippen molar-refractivity contribution in [2.75, 3.05) is 0 Å². The molecule has 0 aromatic heterocycles. The molecule has 5 unspecified atom stereocenters. The quantitative estimate of drug-likeness (QED) is 0.577. The van der Waals surface area contributed by atoms with Gasteiger partial charge in [0.05, 0.1) is 6.10 Å². The SMILES string of the molecule is CC(C)CC(=O)OC1OC(C)C(O)C(O)C1O. The molecule has 0 amide bonds. The monoisotopic (exact) mass is 248 g/mol. The maximum absolute atomic E-state index is 11.4. The fourth-order valence-electron chi connectivity index (χ4n) is 1.62. The Hall–Kier alpha value is -0.690. The Morgan fingerprint density at radius 2 is 1.82 bits per heavy atom. The Labute approximate surface area is 100 Å². The summed E-state index contributed by atoms with van der Waals surface area (Å²) >= 11 is 0. The number of aliphatic hydroxyl groups is 3. The van der Waals surface area contributed by atoms with Crippen LogP contribution in [0.15, 0.2) is 0 Å². The van der Waals surface area contributed by atoms with Gasteiger partial charge in [-0.1, -0.05) is 13.8 Å². The van der Waals surface area contributed by atoms with Gasteiger partial charge in [-0.15, -0.1) is 0 Å². The minimum atomic E-state index is -1.43. The van der Waals surface area contributed by atoms with E-state index in [1.807, 2.05) is 13.8 Å². The molecule has 1 heterocycles. The molecule has 1 aliphatic rings. The number of carbonyl (C=O) groups is 1. The van der Waals surface area contributed by atoms with E-state index in [1.54, 1.807) is 0 Å². The number of rotatable bonds is 3. The van der Waals surface area contributed by atoms with E-state index in [0.717, 1.165) is 0 Å². The molecular formula is C11H20O6. The lowest BCUT2D eigenvalue weighted by Gasteiger charge is -2.38. The van der Waals surface area contributed by atoms with Crippen molar-refractivity contribution in [2.24, 2.45) is 5.92 Å². The third-order valence-corrected chi connectivity index (χ3v) is 2.63. The second-order valence-electron chi connectivity index (χ2n) is 4.77. The molecule has 0 spiro atoms. The summed E-state index contributed by atoms with van der Waals surface area (Å²) < 4.78 is 10.1. The second kappa shape index (κ2) is 5.77. The van der Waals surface area contributed by atoms with Crippen LogP contribution in [0.5, 0.6) is 0 Å². The van der Waals surface area contributed by atoms with Gasteiger partial charge in [0.2, 0.25) is 6.29 Å². The van der Waals surface area contributed by atoms with Crippen LogP contribution in [0.25, 0.3) is 0 Å². The molecule has 6 nitrogen and oxygen atoms in total. The van der Waals surface area contributed by atoms with Crippen LogP contribution in [-0.4, -0.2) is 52.0 Å². The summed E-state index contributed by atoms with van der Waals surface area (Å²) in [7, 11) is 0. The summed E-state index contributed by atoms with van der Waals surface area (Å²) in [6.45, 7) is 5.25. The molecule has 1 aliphatic heterocycles. The molecule has 0 radical (unpaired) electrons. The predicted octanol–water partition coefficient (Wildman–Crippen LogP) is -0.597. The van der Waals surface area contributed by atoms with Gasteiger partial charge in [-0.2, -0.15) is 0 Å². The average molecular weight is 248 g/mol. The number of aliphatic hydroxyl groups excluding tert-OH is 3. The molecule has 1 saturated heterocycles. The van der Waals surface area contributed by atoms with Gasteiger partial charge in [-0.25, -0.2) is 0 Å². The van der Waals surface area contributed by atoms with E-state index in [0.29, 0.717) is 0 Å². The molecule has 0 saturated carbocycles. The summed E-state index contributed by atoms with van der Waals surface area (Å²) in [6, 6.07) is 0. The average Bonchev–Trinajstić information content (AvgIpc) is 2.21. The normalized spacial score (nSPS) is 38.2. The van der Waals surface area contributed by atoms with Crippen molar-refractivity contribution in [3.05, 3.63) is 0 Å². The smallest absolute Gasteiger partial charge is 0.308 e. The highest BCUT2D eigenvalue weighted by Gasteiger charge is 2.43. The van der Waals surface area contributed by atoms with Gasteiger partial charge in [0.15, 0.2) is 0 Å². The summed E-state index contributed by atoms with van der Waals surface area (Å²) in [5.41, 5.74) is 0. The molecule has 0 aromatic rings. The first-order chi connectivity index (χ1) is 7.82. The van der Waals surface area contributed by atoms with Crippen molar-refractivity contribution < 1.29 is 29.6 Å². The Morgan fingerprint density at radius 1 is 1.24 bits per heavy atom. The highest BCUT2D eigenvalue weighted by atomic mass is 16.7. The minimum absolute atomic E-state index is 0.135. The third-order valence-electron chi connectivity index (χ3n) is 2.63. The second-order valence-corrected chi connectivity index (χ2v) is 4.77. The van der Waals surface area contributed by atoms with Gasteiger partial charge in [-0.05, 0) is 12.8 Å². The van der Waals surface area contributed by atoms with Gasteiger partial charge in [0.1, 0.15) is 18.3 Å². The maximum atomic E-state index is 11.4. The van der Waals surface area contributed by atoms with E-state index in [4.69, 9.17) is 9.47 Å². The third kappa shape index (κ3) is 3.64. The Bertz CT molecular complexity index is 267. The Morgan fingerprint density at radius 3 is 2.35 bits per heavy atom. The van der Waals surface area contributed by atoms with Crippen LogP contribution in [-0.2, 0) is 14.3 Å². The van der Waals surface area contributed by atoms with E-state index >= 15 is 0 Å². The van der Waals surface area contributed by atoms with E-state index in [1.165, 1.54) is 6.92 Å². The lowest BCUT2D eigenvalue weighted by molar-refractivity contribution is -0.284. The van der Waals surface area contributed by atoms with E-state index < -0.39 is 36.7 Å². The number of hydrogen-bond acceptors (Lipinski definition) is 6. The van der Waals surface area contributed by atoms with Crippen molar-refractivity contribution in [2.45, 2.75) is 57.9 Å². The lowest BCUT2D eigenvalue weighted by atomic mass is 10.00. The molecule has 1 rings (SSSR count).